The number of nitrogens with zero attached hydrogens (tertiary/aromatic N) is 3. The number of unbranched alkanes of at least 4 members (excludes halogenated alkanes) is 1. The normalized spacial score (nSPS) is 15.5. The minimum Gasteiger partial charge on any atom is -0.369 e. The lowest BCUT2D eigenvalue weighted by Gasteiger charge is -2.06. The Hall–Kier alpha value is -2.35. The summed E-state index contributed by atoms with van der Waals surface area (Å²) in [7, 11) is -3.42. The van der Waals surface area contributed by atoms with Crippen LogP contribution in [0.25, 0.3) is 10.9 Å². The van der Waals surface area contributed by atoms with E-state index in [4.69, 9.17) is 11.5 Å². The van der Waals surface area contributed by atoms with Crippen LogP contribution in [-0.4, -0.2) is 29.8 Å². The van der Waals surface area contributed by atoms with Crippen molar-refractivity contribution in [1.29, 1.82) is 0 Å². The van der Waals surface area contributed by atoms with Crippen molar-refractivity contribution < 1.29 is 8.42 Å². The fourth-order valence-electron chi connectivity index (χ4n) is 2.83. The smallest absolute Gasteiger partial charge is 0.238 e. The second kappa shape index (κ2) is 6.87. The second-order valence-electron chi connectivity index (χ2n) is 6.31. The van der Waals surface area contributed by atoms with Gasteiger partial charge in [0.25, 0.3) is 0 Å². The number of aromatic nitrogens is 1. The van der Waals surface area contributed by atoms with E-state index < -0.39 is 10.0 Å². The van der Waals surface area contributed by atoms with Gasteiger partial charge in [0.15, 0.2) is 0 Å². The predicted octanol–water partition coefficient (Wildman–Crippen LogP) is 2.01. The van der Waals surface area contributed by atoms with Crippen molar-refractivity contribution in [2.24, 2.45) is 27.6 Å². The summed E-state index contributed by atoms with van der Waals surface area (Å²) in [5.74, 6) is 0.268. The van der Waals surface area contributed by atoms with Crippen LogP contribution in [0.4, 0.5) is 0 Å². The molecule has 0 amide bonds. The maximum absolute atomic E-state index is 12.7. The fraction of sp³-hybridized carbons (Fsp3) is 0.412. The van der Waals surface area contributed by atoms with Crippen LogP contribution in [0.15, 0.2) is 40.7 Å². The third-order valence-electron chi connectivity index (χ3n) is 4.25. The lowest BCUT2D eigenvalue weighted by molar-refractivity contribution is 0.585. The van der Waals surface area contributed by atoms with Gasteiger partial charge in [-0.2, -0.15) is 5.10 Å². The van der Waals surface area contributed by atoms with Gasteiger partial charge in [-0.15, -0.1) is 5.10 Å². The van der Waals surface area contributed by atoms with E-state index in [1.54, 1.807) is 6.20 Å². The zero-order chi connectivity index (χ0) is 18.0. The zero-order valence-corrected chi connectivity index (χ0v) is 15.0. The molecule has 0 bridgehead atoms. The molecule has 1 aliphatic rings. The number of para-hydroxylation sites is 1. The van der Waals surface area contributed by atoms with E-state index in [2.05, 4.69) is 10.2 Å². The van der Waals surface area contributed by atoms with Crippen LogP contribution in [0.2, 0.25) is 0 Å². The highest BCUT2D eigenvalue weighted by Gasteiger charge is 2.32. The maximum Gasteiger partial charge on any atom is 0.238 e. The molecule has 0 radical (unpaired) electrons. The molecule has 0 unspecified atom stereocenters. The van der Waals surface area contributed by atoms with E-state index in [-0.39, 0.29) is 17.6 Å². The summed E-state index contributed by atoms with van der Waals surface area (Å²) in [5, 5.41) is 8.85. The molecule has 1 aromatic carbocycles. The minimum atomic E-state index is -3.42. The number of hydrogen-bond acceptors (Lipinski definition) is 4. The lowest BCUT2D eigenvalue weighted by atomic mass is 10.1. The number of fused-ring (bicyclic) bond motifs is 1. The molecule has 1 aromatic heterocycles. The first-order valence-corrected chi connectivity index (χ1v) is 10.0. The highest BCUT2D eigenvalue weighted by Crippen LogP contribution is 2.36. The molecular formula is C17H23N5O2S. The zero-order valence-electron chi connectivity index (χ0n) is 14.2. The van der Waals surface area contributed by atoms with Crippen molar-refractivity contribution in [2.45, 2.75) is 32.6 Å². The monoisotopic (exact) mass is 361 g/mol. The first-order chi connectivity index (χ1) is 11.9. The average molecular weight is 361 g/mol. The number of benzene rings is 1. The van der Waals surface area contributed by atoms with E-state index in [0.717, 1.165) is 35.9 Å². The highest BCUT2D eigenvalue weighted by molar-refractivity contribution is 7.90. The van der Waals surface area contributed by atoms with Gasteiger partial charge >= 0.3 is 0 Å². The molecule has 134 valence electrons. The number of hydrogen-bond donors (Lipinski definition) is 2. The molecule has 4 N–H and O–H groups in total. The topological polar surface area (TPSA) is 116 Å². The molecule has 1 saturated carbocycles. The standard InChI is InChI=1S/C17H23N5O2S/c1-2-3-10-25(23,24)22-11-14(13-6-4-5-7-15(13)22)16(12-8-9-12)20-21-17(18)19/h4-7,11-12H,2-3,8-10H2,1H3,(H4,18,19,21). The summed E-state index contributed by atoms with van der Waals surface area (Å²) >= 11 is 0. The first-order valence-electron chi connectivity index (χ1n) is 8.44. The van der Waals surface area contributed by atoms with Gasteiger partial charge in [-0.1, -0.05) is 31.5 Å². The van der Waals surface area contributed by atoms with Crippen LogP contribution >= 0.6 is 0 Å². The maximum atomic E-state index is 12.7. The lowest BCUT2D eigenvalue weighted by Crippen LogP contribution is -2.22. The molecule has 8 heteroatoms. The van der Waals surface area contributed by atoms with Gasteiger partial charge in [-0.05, 0) is 25.3 Å². The van der Waals surface area contributed by atoms with Crippen LogP contribution in [0.3, 0.4) is 0 Å². The largest absolute Gasteiger partial charge is 0.369 e. The first kappa shape index (κ1) is 17.5. The number of nitrogens with two attached hydrogens (primary N) is 2. The Bertz CT molecular complexity index is 935. The van der Waals surface area contributed by atoms with Crippen molar-refractivity contribution in [2.75, 3.05) is 5.75 Å². The minimum absolute atomic E-state index is 0.113. The molecule has 1 fully saturated rings. The summed E-state index contributed by atoms with van der Waals surface area (Å²) in [6, 6.07) is 7.44. The summed E-state index contributed by atoms with van der Waals surface area (Å²) in [5.41, 5.74) is 13.0. The quantitative estimate of drug-likeness (QED) is 0.446. The third kappa shape index (κ3) is 3.68. The van der Waals surface area contributed by atoms with E-state index >= 15 is 0 Å². The predicted molar refractivity (Wildman–Crippen MR) is 101 cm³/mol. The molecule has 7 nitrogen and oxygen atoms in total. The van der Waals surface area contributed by atoms with Gasteiger partial charge in [-0.25, -0.2) is 12.4 Å². The second-order valence-corrected chi connectivity index (χ2v) is 8.28. The van der Waals surface area contributed by atoms with E-state index in [9.17, 15) is 8.42 Å². The van der Waals surface area contributed by atoms with Gasteiger partial charge in [-0.3, -0.25) is 0 Å². The average Bonchev–Trinajstić information content (AvgIpc) is 3.34. The molecule has 1 aliphatic carbocycles. The molecule has 0 saturated heterocycles. The fourth-order valence-corrected chi connectivity index (χ4v) is 4.41. The number of rotatable bonds is 7. The Balaban J connectivity index is 2.17. The molecule has 3 rings (SSSR count). The molecule has 1 heterocycles. The van der Waals surface area contributed by atoms with Crippen molar-refractivity contribution in [3.63, 3.8) is 0 Å². The summed E-state index contributed by atoms with van der Waals surface area (Å²) < 4.78 is 26.9. The number of guanidine groups is 1. The molecule has 0 spiro atoms. The van der Waals surface area contributed by atoms with Crippen LogP contribution in [0.5, 0.6) is 0 Å². The van der Waals surface area contributed by atoms with Crippen molar-refractivity contribution in [3.05, 3.63) is 36.0 Å². The van der Waals surface area contributed by atoms with Gasteiger partial charge in [0, 0.05) is 23.1 Å². The Morgan fingerprint density at radius 2 is 1.96 bits per heavy atom. The van der Waals surface area contributed by atoms with E-state index in [1.807, 2.05) is 31.2 Å². The van der Waals surface area contributed by atoms with E-state index in [0.29, 0.717) is 11.9 Å². The van der Waals surface area contributed by atoms with Crippen LogP contribution in [-0.2, 0) is 10.0 Å². The van der Waals surface area contributed by atoms with Crippen molar-refractivity contribution in [3.8, 4) is 0 Å². The molecule has 0 aliphatic heterocycles. The van der Waals surface area contributed by atoms with Crippen LogP contribution < -0.4 is 11.5 Å². The molecular weight excluding hydrogens is 338 g/mol. The Labute approximate surface area is 147 Å². The van der Waals surface area contributed by atoms with Crippen LogP contribution in [0.1, 0.15) is 38.2 Å². The van der Waals surface area contributed by atoms with Crippen molar-refractivity contribution >= 4 is 32.6 Å². The Morgan fingerprint density at radius 1 is 1.24 bits per heavy atom. The van der Waals surface area contributed by atoms with Gasteiger partial charge in [0.2, 0.25) is 16.0 Å². The van der Waals surface area contributed by atoms with Crippen molar-refractivity contribution in [1.82, 2.24) is 3.97 Å². The highest BCUT2D eigenvalue weighted by atomic mass is 32.2. The van der Waals surface area contributed by atoms with Gasteiger partial charge < -0.3 is 11.5 Å². The molecule has 25 heavy (non-hydrogen) atoms. The van der Waals surface area contributed by atoms with Gasteiger partial charge in [0.05, 0.1) is 17.0 Å². The Kier molecular flexibility index (Phi) is 4.80. The van der Waals surface area contributed by atoms with E-state index in [1.165, 1.54) is 3.97 Å². The van der Waals surface area contributed by atoms with Crippen LogP contribution in [0, 0.1) is 5.92 Å². The summed E-state index contributed by atoms with van der Waals surface area (Å²) in [4.78, 5) is 0. The Morgan fingerprint density at radius 3 is 2.60 bits per heavy atom. The summed E-state index contributed by atoms with van der Waals surface area (Å²) in [6.45, 7) is 1.97. The van der Waals surface area contributed by atoms with Gasteiger partial charge in [0.1, 0.15) is 0 Å². The third-order valence-corrected chi connectivity index (χ3v) is 5.95. The molecule has 0 atom stereocenters. The molecule has 2 aromatic rings. The SMILES string of the molecule is CCCCS(=O)(=O)n1cc(C(=NN=C(N)N)C2CC2)c2ccccc21. The summed E-state index contributed by atoms with van der Waals surface area (Å²) in [6.07, 6.45) is 5.11.